The van der Waals surface area contributed by atoms with Gasteiger partial charge in [0.25, 0.3) is 0 Å². The van der Waals surface area contributed by atoms with Gasteiger partial charge in [0.15, 0.2) is 0 Å². The largest absolute Gasteiger partial charge is 0.393 e. The van der Waals surface area contributed by atoms with E-state index in [4.69, 9.17) is 0 Å². The highest BCUT2D eigenvalue weighted by Crippen LogP contribution is 2.33. The molecular weight excluding hydrogens is 243 g/mol. The Morgan fingerprint density at radius 3 is 2.61 bits per heavy atom. The molecule has 0 aromatic carbocycles. The fourth-order valence-electron chi connectivity index (χ4n) is 3.06. The predicted octanol–water partition coefficient (Wildman–Crippen LogP) is 3.02. The van der Waals surface area contributed by atoms with Gasteiger partial charge in [-0.1, -0.05) is 0 Å². The number of piperidine rings is 1. The Kier molecular flexibility index (Phi) is 4.30. The minimum absolute atomic E-state index is 0.108. The molecule has 5 heteroatoms. The van der Waals surface area contributed by atoms with E-state index in [0.29, 0.717) is 25.2 Å². The monoisotopic (exact) mass is 263 g/mol. The van der Waals surface area contributed by atoms with E-state index in [0.717, 1.165) is 25.8 Å². The number of Topliss-reactive ketones (excluding diaryl/α,β-unsaturated/α-hetero) is 1. The SMILES string of the molecule is O=C1CCCC1CCN1CCCC(C(F)(F)F)C1. The summed E-state index contributed by atoms with van der Waals surface area (Å²) < 4.78 is 37.9. The summed E-state index contributed by atoms with van der Waals surface area (Å²) in [5.41, 5.74) is 0. The molecule has 0 N–H and O–H groups in total. The highest BCUT2D eigenvalue weighted by atomic mass is 19.4. The van der Waals surface area contributed by atoms with E-state index in [2.05, 4.69) is 0 Å². The molecule has 2 aliphatic rings. The van der Waals surface area contributed by atoms with Gasteiger partial charge in [-0.2, -0.15) is 13.2 Å². The van der Waals surface area contributed by atoms with Gasteiger partial charge in [-0.25, -0.2) is 0 Å². The van der Waals surface area contributed by atoms with E-state index in [-0.39, 0.29) is 18.9 Å². The Balaban J connectivity index is 1.77. The van der Waals surface area contributed by atoms with Gasteiger partial charge >= 0.3 is 6.18 Å². The molecule has 2 rings (SSSR count). The number of hydrogen-bond acceptors (Lipinski definition) is 2. The summed E-state index contributed by atoms with van der Waals surface area (Å²) in [6, 6.07) is 0. The zero-order valence-electron chi connectivity index (χ0n) is 10.5. The standard InChI is InChI=1S/C13H20F3NO/c14-13(15,16)11-4-2-7-17(9-11)8-6-10-3-1-5-12(10)18/h10-11H,1-9H2. The van der Waals surface area contributed by atoms with E-state index in [1.54, 1.807) is 0 Å². The normalized spacial score (nSPS) is 30.9. The molecule has 2 nitrogen and oxygen atoms in total. The highest BCUT2D eigenvalue weighted by molar-refractivity contribution is 5.82. The maximum atomic E-state index is 12.6. The minimum atomic E-state index is -4.07. The lowest BCUT2D eigenvalue weighted by atomic mass is 9.96. The number of carbonyl (C=O) groups is 1. The van der Waals surface area contributed by atoms with Crippen LogP contribution in [0.15, 0.2) is 0 Å². The maximum Gasteiger partial charge on any atom is 0.393 e. The third-order valence-electron chi connectivity index (χ3n) is 4.19. The number of ketones is 1. The van der Waals surface area contributed by atoms with E-state index in [1.165, 1.54) is 0 Å². The van der Waals surface area contributed by atoms with Crippen molar-refractivity contribution in [2.24, 2.45) is 11.8 Å². The average Bonchev–Trinajstić information content (AvgIpc) is 2.72. The third-order valence-corrected chi connectivity index (χ3v) is 4.19. The van der Waals surface area contributed by atoms with Crippen molar-refractivity contribution in [2.75, 3.05) is 19.6 Å². The molecule has 1 aliphatic carbocycles. The number of halogens is 3. The molecule has 0 bridgehead atoms. The Bertz CT molecular complexity index is 303. The van der Waals surface area contributed by atoms with Crippen LogP contribution in [0.5, 0.6) is 0 Å². The van der Waals surface area contributed by atoms with Gasteiger partial charge in [-0.15, -0.1) is 0 Å². The van der Waals surface area contributed by atoms with Crippen molar-refractivity contribution in [3.8, 4) is 0 Å². The zero-order valence-corrected chi connectivity index (χ0v) is 10.5. The molecule has 0 aromatic heterocycles. The van der Waals surface area contributed by atoms with Crippen LogP contribution in [0, 0.1) is 11.8 Å². The second-order valence-corrected chi connectivity index (χ2v) is 5.53. The summed E-state index contributed by atoms with van der Waals surface area (Å²) in [7, 11) is 0. The summed E-state index contributed by atoms with van der Waals surface area (Å²) in [5.74, 6) is -0.763. The number of hydrogen-bond donors (Lipinski definition) is 0. The van der Waals surface area contributed by atoms with Crippen molar-refractivity contribution in [3.05, 3.63) is 0 Å². The molecule has 1 heterocycles. The third kappa shape index (κ3) is 3.46. The van der Waals surface area contributed by atoms with Crippen molar-refractivity contribution in [3.63, 3.8) is 0 Å². The van der Waals surface area contributed by atoms with Crippen molar-refractivity contribution < 1.29 is 18.0 Å². The second-order valence-electron chi connectivity index (χ2n) is 5.53. The fraction of sp³-hybridized carbons (Fsp3) is 0.923. The van der Waals surface area contributed by atoms with Gasteiger partial charge in [0.2, 0.25) is 0 Å². The van der Waals surface area contributed by atoms with Gasteiger partial charge in [0, 0.05) is 18.9 Å². The van der Waals surface area contributed by atoms with E-state index in [1.807, 2.05) is 4.90 Å². The van der Waals surface area contributed by atoms with Crippen LogP contribution in [-0.2, 0) is 4.79 Å². The lowest BCUT2D eigenvalue weighted by Crippen LogP contribution is -2.42. The molecule has 1 aliphatic heterocycles. The van der Waals surface area contributed by atoms with Gasteiger partial charge in [-0.3, -0.25) is 4.79 Å². The molecule has 2 unspecified atom stereocenters. The first-order valence-electron chi connectivity index (χ1n) is 6.78. The maximum absolute atomic E-state index is 12.6. The molecule has 18 heavy (non-hydrogen) atoms. The van der Waals surface area contributed by atoms with E-state index < -0.39 is 12.1 Å². The van der Waals surface area contributed by atoms with Crippen molar-refractivity contribution in [1.29, 1.82) is 0 Å². The summed E-state index contributed by atoms with van der Waals surface area (Å²) >= 11 is 0. The zero-order chi connectivity index (χ0) is 13.2. The van der Waals surface area contributed by atoms with Crippen LogP contribution in [0.1, 0.15) is 38.5 Å². The molecular formula is C13H20F3NO. The molecule has 0 radical (unpaired) electrons. The van der Waals surface area contributed by atoms with Crippen LogP contribution < -0.4 is 0 Å². The van der Waals surface area contributed by atoms with Crippen molar-refractivity contribution in [1.82, 2.24) is 4.90 Å². The van der Waals surface area contributed by atoms with Crippen molar-refractivity contribution in [2.45, 2.75) is 44.7 Å². The average molecular weight is 263 g/mol. The molecule has 0 amide bonds. The number of likely N-dealkylation sites (tertiary alicyclic amines) is 1. The molecule has 0 aromatic rings. The van der Waals surface area contributed by atoms with Gasteiger partial charge in [-0.05, 0) is 45.2 Å². The van der Waals surface area contributed by atoms with E-state index in [9.17, 15) is 18.0 Å². The second kappa shape index (κ2) is 5.59. The Morgan fingerprint density at radius 2 is 2.00 bits per heavy atom. The molecule has 2 fully saturated rings. The number of nitrogens with zero attached hydrogens (tertiary/aromatic N) is 1. The molecule has 104 valence electrons. The summed E-state index contributed by atoms with van der Waals surface area (Å²) in [4.78, 5) is 13.4. The Morgan fingerprint density at radius 1 is 1.22 bits per heavy atom. The summed E-state index contributed by atoms with van der Waals surface area (Å²) in [5, 5.41) is 0. The number of carbonyl (C=O) groups excluding carboxylic acids is 1. The first kappa shape index (κ1) is 13.8. The van der Waals surface area contributed by atoms with Crippen LogP contribution in [0.4, 0.5) is 13.2 Å². The lowest BCUT2D eigenvalue weighted by Gasteiger charge is -2.34. The van der Waals surface area contributed by atoms with Crippen LogP contribution in [0.2, 0.25) is 0 Å². The summed E-state index contributed by atoms with van der Waals surface area (Å²) in [6.45, 7) is 1.50. The number of rotatable bonds is 3. The topological polar surface area (TPSA) is 20.3 Å². The van der Waals surface area contributed by atoms with Crippen molar-refractivity contribution >= 4 is 5.78 Å². The predicted molar refractivity (Wildman–Crippen MR) is 62.2 cm³/mol. The van der Waals surface area contributed by atoms with Crippen LogP contribution in [-0.4, -0.2) is 36.5 Å². The highest BCUT2D eigenvalue weighted by Gasteiger charge is 2.41. The Hall–Kier alpha value is -0.580. The van der Waals surface area contributed by atoms with Gasteiger partial charge in [0.1, 0.15) is 5.78 Å². The quantitative estimate of drug-likeness (QED) is 0.780. The minimum Gasteiger partial charge on any atom is -0.303 e. The van der Waals surface area contributed by atoms with Gasteiger partial charge in [0.05, 0.1) is 5.92 Å². The fourth-order valence-corrected chi connectivity index (χ4v) is 3.06. The lowest BCUT2D eigenvalue weighted by molar-refractivity contribution is -0.186. The van der Waals surface area contributed by atoms with E-state index >= 15 is 0 Å². The van der Waals surface area contributed by atoms with Crippen LogP contribution >= 0.6 is 0 Å². The van der Waals surface area contributed by atoms with Gasteiger partial charge < -0.3 is 4.90 Å². The first-order valence-corrected chi connectivity index (χ1v) is 6.78. The molecule has 1 saturated heterocycles. The molecule has 2 atom stereocenters. The van der Waals surface area contributed by atoms with Crippen LogP contribution in [0.25, 0.3) is 0 Å². The smallest absolute Gasteiger partial charge is 0.303 e. The first-order chi connectivity index (χ1) is 8.47. The summed E-state index contributed by atoms with van der Waals surface area (Å²) in [6.07, 6.45) is 0.0797. The molecule has 0 spiro atoms. The number of alkyl halides is 3. The molecule has 1 saturated carbocycles. The van der Waals surface area contributed by atoms with Crippen LogP contribution in [0.3, 0.4) is 0 Å². The Labute approximate surface area is 106 Å².